The molecule has 1 heterocycles. The third-order valence-electron chi connectivity index (χ3n) is 8.21. The van der Waals surface area contributed by atoms with Crippen molar-refractivity contribution in [1.82, 2.24) is 15.5 Å². The fourth-order valence-electron chi connectivity index (χ4n) is 5.70. The molecule has 11 heteroatoms. The second kappa shape index (κ2) is 16.6. The number of nitrogens with one attached hydrogen (secondary N) is 2. The molecule has 1 saturated carbocycles. The molecule has 0 bridgehead atoms. The van der Waals surface area contributed by atoms with E-state index < -0.39 is 6.04 Å². The van der Waals surface area contributed by atoms with Gasteiger partial charge >= 0.3 is 0 Å². The van der Waals surface area contributed by atoms with Crippen LogP contribution in [0.1, 0.15) is 42.9 Å². The van der Waals surface area contributed by atoms with Gasteiger partial charge in [0.2, 0.25) is 17.7 Å². The summed E-state index contributed by atoms with van der Waals surface area (Å²) < 4.78 is 17.1. The van der Waals surface area contributed by atoms with Gasteiger partial charge in [-0.3, -0.25) is 19.3 Å². The molecule has 3 aromatic rings. The van der Waals surface area contributed by atoms with Crippen LogP contribution in [-0.4, -0.2) is 74.7 Å². The van der Waals surface area contributed by atoms with E-state index in [0.717, 1.165) is 35.3 Å². The highest BCUT2D eigenvalue weighted by Crippen LogP contribution is 2.33. The number of rotatable bonds is 16. The van der Waals surface area contributed by atoms with E-state index >= 15 is 0 Å². The maximum absolute atomic E-state index is 14.1. The zero-order chi connectivity index (χ0) is 33.2. The van der Waals surface area contributed by atoms with Gasteiger partial charge in [-0.15, -0.1) is 0 Å². The molecule has 2 N–H and O–H groups in total. The topological polar surface area (TPSA) is 109 Å². The molecule has 47 heavy (non-hydrogen) atoms. The number of piperazine rings is 1. The predicted octanol–water partition coefficient (Wildman–Crippen LogP) is 4.51. The van der Waals surface area contributed by atoms with Crippen LogP contribution in [0.4, 0.5) is 5.69 Å². The Morgan fingerprint density at radius 1 is 1.04 bits per heavy atom. The van der Waals surface area contributed by atoms with Crippen molar-refractivity contribution in [3.8, 4) is 11.5 Å². The maximum atomic E-state index is 14.1. The van der Waals surface area contributed by atoms with Crippen molar-refractivity contribution < 1.29 is 28.6 Å². The van der Waals surface area contributed by atoms with Crippen molar-refractivity contribution in [3.05, 3.63) is 88.4 Å². The minimum Gasteiger partial charge on any atom is -0.496 e. The lowest BCUT2D eigenvalue weighted by molar-refractivity contribution is -0.136. The first-order chi connectivity index (χ1) is 22.9. The summed E-state index contributed by atoms with van der Waals surface area (Å²) in [5.41, 5.74) is 3.25. The molecule has 1 atom stereocenters. The van der Waals surface area contributed by atoms with Crippen LogP contribution in [-0.2, 0) is 38.7 Å². The van der Waals surface area contributed by atoms with Crippen molar-refractivity contribution >= 4 is 35.0 Å². The number of ether oxygens (including phenoxy) is 3. The fraction of sp³-hybridized carbons (Fsp3) is 0.417. The molecular formula is C36H43ClN4O6. The Balaban J connectivity index is 1.19. The predicted molar refractivity (Wildman–Crippen MR) is 181 cm³/mol. The van der Waals surface area contributed by atoms with Gasteiger partial charge in [-0.05, 0) is 67.3 Å². The second-order valence-corrected chi connectivity index (χ2v) is 12.1. The van der Waals surface area contributed by atoms with Gasteiger partial charge in [0.05, 0.1) is 39.9 Å². The Kier molecular flexibility index (Phi) is 12.1. The molecule has 2 fully saturated rings. The molecule has 0 radical (unpaired) electrons. The molecule has 5 rings (SSSR count). The van der Waals surface area contributed by atoms with Crippen LogP contribution >= 0.6 is 11.6 Å². The maximum Gasteiger partial charge on any atom is 0.247 e. The molecule has 0 spiro atoms. The van der Waals surface area contributed by atoms with Crippen molar-refractivity contribution in [2.45, 2.75) is 57.8 Å². The van der Waals surface area contributed by atoms with Gasteiger partial charge in [0.25, 0.3) is 0 Å². The molecule has 2 aliphatic rings. The number of nitrogens with zero attached hydrogens (tertiary/aromatic N) is 2. The molecule has 1 aliphatic heterocycles. The summed E-state index contributed by atoms with van der Waals surface area (Å²) in [7, 11) is 1.65. The van der Waals surface area contributed by atoms with Crippen LogP contribution < -0.4 is 25.0 Å². The normalized spacial score (nSPS) is 16.1. The summed E-state index contributed by atoms with van der Waals surface area (Å²) >= 11 is 6.57. The van der Waals surface area contributed by atoms with E-state index in [1.54, 1.807) is 18.1 Å². The minimum atomic E-state index is -0.707. The Morgan fingerprint density at radius 2 is 1.83 bits per heavy atom. The van der Waals surface area contributed by atoms with Gasteiger partial charge in [0.1, 0.15) is 17.5 Å². The zero-order valence-electron chi connectivity index (χ0n) is 27.0. The Hall–Kier alpha value is -4.12. The van der Waals surface area contributed by atoms with Crippen molar-refractivity contribution in [2.75, 3.05) is 44.9 Å². The third-order valence-corrected chi connectivity index (χ3v) is 8.57. The second-order valence-electron chi connectivity index (χ2n) is 11.7. The average Bonchev–Trinajstić information content (AvgIpc) is 3.92. The quantitative estimate of drug-likeness (QED) is 0.217. The highest BCUT2D eigenvalue weighted by Gasteiger charge is 2.41. The molecule has 10 nitrogen and oxygen atoms in total. The van der Waals surface area contributed by atoms with Crippen molar-refractivity contribution in [1.29, 1.82) is 0 Å². The van der Waals surface area contributed by atoms with Crippen LogP contribution in [0.25, 0.3) is 0 Å². The Morgan fingerprint density at radius 3 is 2.57 bits per heavy atom. The summed E-state index contributed by atoms with van der Waals surface area (Å²) in [5, 5.41) is 6.47. The monoisotopic (exact) mass is 662 g/mol. The van der Waals surface area contributed by atoms with E-state index in [4.69, 9.17) is 25.8 Å². The molecule has 250 valence electrons. The first kappa shape index (κ1) is 34.2. The first-order valence-electron chi connectivity index (χ1n) is 16.2. The number of anilines is 1. The lowest BCUT2D eigenvalue weighted by atomic mass is 10.1. The van der Waals surface area contributed by atoms with Crippen molar-refractivity contribution in [2.24, 2.45) is 0 Å². The lowest BCUT2D eigenvalue weighted by Crippen LogP contribution is -2.61. The van der Waals surface area contributed by atoms with E-state index in [1.807, 2.05) is 72.5 Å². The van der Waals surface area contributed by atoms with E-state index in [9.17, 15) is 14.4 Å². The van der Waals surface area contributed by atoms with Crippen LogP contribution in [0, 0.1) is 0 Å². The van der Waals surface area contributed by atoms with Gasteiger partial charge in [-0.25, -0.2) is 0 Å². The van der Waals surface area contributed by atoms with E-state index in [1.165, 1.54) is 0 Å². The standard InChI is InChI=1S/C36H43ClN4O6/c1-3-39-34(42)20-25-9-16-31(37)27(19-25)23-40(28-10-11-28)36(44)32-21-38-22-35(43)41(32)29-12-14-30(15-13-29)47-18-6-17-46-24-26-7-4-5-8-33(26)45-2/h4-5,7-9,12-16,19,28,32,38H,3,6,10-11,17-18,20-24H2,1-2H3,(H,39,42)/t32-/m1/s1. The summed E-state index contributed by atoms with van der Waals surface area (Å²) in [6.07, 6.45) is 2.74. The average molecular weight is 663 g/mol. The molecule has 0 aromatic heterocycles. The number of para-hydroxylation sites is 1. The number of carbonyl (C=O) groups is 3. The van der Waals surface area contributed by atoms with Crippen LogP contribution in [0.2, 0.25) is 5.02 Å². The van der Waals surface area contributed by atoms with E-state index in [-0.39, 0.29) is 36.7 Å². The summed E-state index contributed by atoms with van der Waals surface area (Å²) in [6, 6.07) is 19.9. The van der Waals surface area contributed by atoms with Gasteiger partial charge in [-0.2, -0.15) is 0 Å². The Labute approximate surface area is 281 Å². The number of amides is 3. The number of methoxy groups -OCH3 is 1. The van der Waals surface area contributed by atoms with E-state index in [2.05, 4.69) is 10.6 Å². The molecule has 0 unspecified atom stereocenters. The largest absolute Gasteiger partial charge is 0.496 e. The summed E-state index contributed by atoms with van der Waals surface area (Å²) in [6.45, 7) is 4.71. The van der Waals surface area contributed by atoms with Crippen LogP contribution in [0.5, 0.6) is 11.5 Å². The Bertz CT molecular complexity index is 1530. The highest BCUT2D eigenvalue weighted by atomic mass is 35.5. The molecule has 1 saturated heterocycles. The number of likely N-dealkylation sites (N-methyl/N-ethyl adjacent to an activating group) is 1. The summed E-state index contributed by atoms with van der Waals surface area (Å²) in [5.74, 6) is 1.11. The molecule has 3 aromatic carbocycles. The number of hydrogen-bond acceptors (Lipinski definition) is 7. The number of benzene rings is 3. The number of halogens is 1. The van der Waals surface area contributed by atoms with E-state index in [0.29, 0.717) is 62.3 Å². The smallest absolute Gasteiger partial charge is 0.247 e. The highest BCUT2D eigenvalue weighted by molar-refractivity contribution is 6.31. The van der Waals surface area contributed by atoms with Crippen LogP contribution in [0.15, 0.2) is 66.7 Å². The van der Waals surface area contributed by atoms with Gasteiger partial charge in [0.15, 0.2) is 0 Å². The first-order valence-corrected chi connectivity index (χ1v) is 16.6. The number of carbonyl (C=O) groups excluding carboxylic acids is 3. The van der Waals surface area contributed by atoms with Crippen LogP contribution in [0.3, 0.4) is 0 Å². The lowest BCUT2D eigenvalue weighted by Gasteiger charge is -2.38. The molecule has 1 aliphatic carbocycles. The molecular weight excluding hydrogens is 620 g/mol. The van der Waals surface area contributed by atoms with Gasteiger partial charge in [-0.1, -0.05) is 41.9 Å². The number of hydrogen-bond donors (Lipinski definition) is 2. The fourth-order valence-corrected chi connectivity index (χ4v) is 5.88. The SMILES string of the molecule is CCNC(=O)Cc1ccc(Cl)c(CN(C(=O)[C@H]2CNCC(=O)N2c2ccc(OCCCOCc3ccccc3OC)cc2)C2CC2)c1. The third kappa shape index (κ3) is 9.24. The molecule has 3 amide bonds. The van der Waals surface area contributed by atoms with Crippen molar-refractivity contribution in [3.63, 3.8) is 0 Å². The van der Waals surface area contributed by atoms with Gasteiger partial charge < -0.3 is 29.7 Å². The summed E-state index contributed by atoms with van der Waals surface area (Å²) in [4.78, 5) is 42.9. The van der Waals surface area contributed by atoms with Gasteiger partial charge in [0, 0.05) is 48.4 Å². The zero-order valence-corrected chi connectivity index (χ0v) is 27.8. The minimum absolute atomic E-state index is 0.0658.